The van der Waals surface area contributed by atoms with Crippen molar-refractivity contribution < 1.29 is 14.3 Å². The van der Waals surface area contributed by atoms with Crippen molar-refractivity contribution in [1.82, 2.24) is 4.90 Å². The molecule has 1 aliphatic heterocycles. The van der Waals surface area contributed by atoms with Gasteiger partial charge >= 0.3 is 0 Å². The number of rotatable bonds is 5. The van der Waals surface area contributed by atoms with Crippen LogP contribution in [0.4, 0.5) is 0 Å². The standard InChI is InChI=1S/C15H20BrNO3/c1-11(20-14-5-3-4-13(16)8-14)15(18)17-7-6-12(9-17)10-19-2/h3-5,8,11-12H,6-7,9-10H2,1-2H3. The average molecular weight is 342 g/mol. The summed E-state index contributed by atoms with van der Waals surface area (Å²) in [6.07, 6.45) is 0.536. The van der Waals surface area contributed by atoms with Gasteiger partial charge in [0, 0.05) is 30.6 Å². The Balaban J connectivity index is 1.89. The third kappa shape index (κ3) is 3.96. The van der Waals surface area contributed by atoms with E-state index >= 15 is 0 Å². The second kappa shape index (κ2) is 7.09. The summed E-state index contributed by atoms with van der Waals surface area (Å²) >= 11 is 3.39. The minimum atomic E-state index is -0.467. The van der Waals surface area contributed by atoms with Gasteiger partial charge in [-0.05, 0) is 31.5 Å². The van der Waals surface area contributed by atoms with Crippen molar-refractivity contribution in [2.75, 3.05) is 26.8 Å². The van der Waals surface area contributed by atoms with Gasteiger partial charge in [-0.15, -0.1) is 0 Å². The number of carbonyl (C=O) groups excluding carboxylic acids is 1. The number of halogens is 1. The highest BCUT2D eigenvalue weighted by Crippen LogP contribution is 2.21. The summed E-state index contributed by atoms with van der Waals surface area (Å²) in [7, 11) is 1.70. The maximum atomic E-state index is 12.3. The molecule has 1 aliphatic rings. The number of benzene rings is 1. The first-order valence-electron chi connectivity index (χ1n) is 6.80. The van der Waals surface area contributed by atoms with Gasteiger partial charge in [-0.3, -0.25) is 4.79 Å². The third-order valence-corrected chi connectivity index (χ3v) is 3.95. The minimum absolute atomic E-state index is 0.0450. The molecular formula is C15H20BrNO3. The lowest BCUT2D eigenvalue weighted by Crippen LogP contribution is -2.39. The van der Waals surface area contributed by atoms with Gasteiger partial charge in [-0.2, -0.15) is 0 Å². The molecule has 5 heteroatoms. The molecule has 2 rings (SSSR count). The normalized spacial score (nSPS) is 19.9. The Morgan fingerprint density at radius 1 is 1.55 bits per heavy atom. The minimum Gasteiger partial charge on any atom is -0.481 e. The number of methoxy groups -OCH3 is 1. The second-order valence-corrected chi connectivity index (χ2v) is 6.03. The smallest absolute Gasteiger partial charge is 0.263 e. The predicted octanol–water partition coefficient (Wildman–Crippen LogP) is 2.71. The third-order valence-electron chi connectivity index (χ3n) is 3.46. The van der Waals surface area contributed by atoms with Crippen LogP contribution in [-0.4, -0.2) is 43.7 Å². The first kappa shape index (κ1) is 15.3. The average Bonchev–Trinajstić information content (AvgIpc) is 2.87. The van der Waals surface area contributed by atoms with Crippen molar-refractivity contribution in [3.63, 3.8) is 0 Å². The molecule has 1 saturated heterocycles. The van der Waals surface area contributed by atoms with E-state index in [2.05, 4.69) is 15.9 Å². The van der Waals surface area contributed by atoms with Crippen molar-refractivity contribution in [3.8, 4) is 5.75 Å². The number of amides is 1. The van der Waals surface area contributed by atoms with E-state index < -0.39 is 6.10 Å². The van der Waals surface area contributed by atoms with Gasteiger partial charge < -0.3 is 14.4 Å². The lowest BCUT2D eigenvalue weighted by atomic mass is 10.1. The Bertz CT molecular complexity index is 466. The van der Waals surface area contributed by atoms with Crippen LogP contribution in [0.15, 0.2) is 28.7 Å². The van der Waals surface area contributed by atoms with Gasteiger partial charge in [0.1, 0.15) is 5.75 Å². The van der Waals surface area contributed by atoms with Crippen molar-refractivity contribution in [2.45, 2.75) is 19.4 Å². The summed E-state index contributed by atoms with van der Waals surface area (Å²) in [5.74, 6) is 1.19. The van der Waals surface area contributed by atoms with Crippen LogP contribution in [0.5, 0.6) is 5.75 Å². The van der Waals surface area contributed by atoms with Crippen LogP contribution in [0.25, 0.3) is 0 Å². The SMILES string of the molecule is COCC1CCN(C(=O)C(C)Oc2cccc(Br)c2)C1. The number of ether oxygens (including phenoxy) is 2. The molecule has 0 saturated carbocycles. The van der Waals surface area contributed by atoms with E-state index in [9.17, 15) is 4.79 Å². The highest BCUT2D eigenvalue weighted by Gasteiger charge is 2.29. The molecule has 1 aromatic rings. The van der Waals surface area contributed by atoms with Crippen molar-refractivity contribution in [2.24, 2.45) is 5.92 Å². The summed E-state index contributed by atoms with van der Waals surface area (Å²) in [5, 5.41) is 0. The van der Waals surface area contributed by atoms with E-state index in [-0.39, 0.29) is 5.91 Å². The molecule has 20 heavy (non-hydrogen) atoms. The van der Waals surface area contributed by atoms with Crippen molar-refractivity contribution in [3.05, 3.63) is 28.7 Å². The van der Waals surface area contributed by atoms with E-state index in [0.717, 1.165) is 24.0 Å². The molecule has 2 atom stereocenters. The molecule has 0 spiro atoms. The Morgan fingerprint density at radius 3 is 3.05 bits per heavy atom. The summed E-state index contributed by atoms with van der Waals surface area (Å²) < 4.78 is 11.8. The van der Waals surface area contributed by atoms with E-state index in [1.165, 1.54) is 0 Å². The van der Waals surface area contributed by atoms with Gasteiger partial charge in [-0.25, -0.2) is 0 Å². The molecule has 1 fully saturated rings. The number of hydrogen-bond acceptors (Lipinski definition) is 3. The maximum absolute atomic E-state index is 12.3. The predicted molar refractivity (Wildman–Crippen MR) is 80.8 cm³/mol. The van der Waals surface area contributed by atoms with E-state index in [0.29, 0.717) is 18.3 Å². The van der Waals surface area contributed by atoms with Gasteiger partial charge in [0.2, 0.25) is 0 Å². The molecular weight excluding hydrogens is 322 g/mol. The molecule has 0 aromatic heterocycles. The lowest BCUT2D eigenvalue weighted by Gasteiger charge is -2.22. The molecule has 0 aliphatic carbocycles. The molecule has 110 valence electrons. The first-order valence-corrected chi connectivity index (χ1v) is 7.59. The van der Waals surface area contributed by atoms with Crippen LogP contribution < -0.4 is 4.74 Å². The lowest BCUT2D eigenvalue weighted by molar-refractivity contribution is -0.137. The van der Waals surface area contributed by atoms with Crippen LogP contribution in [0.1, 0.15) is 13.3 Å². The fourth-order valence-electron chi connectivity index (χ4n) is 2.46. The molecule has 1 amide bonds. The van der Waals surface area contributed by atoms with Crippen molar-refractivity contribution >= 4 is 21.8 Å². The van der Waals surface area contributed by atoms with Crippen LogP contribution in [0.3, 0.4) is 0 Å². The quantitative estimate of drug-likeness (QED) is 0.826. The fourth-order valence-corrected chi connectivity index (χ4v) is 2.83. The second-order valence-electron chi connectivity index (χ2n) is 5.11. The van der Waals surface area contributed by atoms with Gasteiger partial charge in [0.25, 0.3) is 5.91 Å². The van der Waals surface area contributed by atoms with Crippen molar-refractivity contribution in [1.29, 1.82) is 0 Å². The number of nitrogens with zero attached hydrogens (tertiary/aromatic N) is 1. The Kier molecular flexibility index (Phi) is 5.43. The Labute approximate surface area is 128 Å². The zero-order valence-electron chi connectivity index (χ0n) is 11.8. The molecule has 0 radical (unpaired) electrons. The first-order chi connectivity index (χ1) is 9.60. The molecule has 4 nitrogen and oxygen atoms in total. The van der Waals surface area contributed by atoms with Crippen LogP contribution >= 0.6 is 15.9 Å². The summed E-state index contributed by atoms with van der Waals surface area (Å²) in [6.45, 7) is 4.06. The molecule has 2 unspecified atom stereocenters. The summed E-state index contributed by atoms with van der Waals surface area (Å²) in [5.41, 5.74) is 0. The molecule has 1 heterocycles. The highest BCUT2D eigenvalue weighted by molar-refractivity contribution is 9.10. The van der Waals surface area contributed by atoms with Crippen LogP contribution in [0, 0.1) is 5.92 Å². The highest BCUT2D eigenvalue weighted by atomic mass is 79.9. The summed E-state index contributed by atoms with van der Waals surface area (Å²) in [6, 6.07) is 7.53. The number of likely N-dealkylation sites (tertiary alicyclic amines) is 1. The van der Waals surface area contributed by atoms with Gasteiger partial charge in [0.15, 0.2) is 6.10 Å². The number of carbonyl (C=O) groups is 1. The van der Waals surface area contributed by atoms with Crippen LogP contribution in [0.2, 0.25) is 0 Å². The topological polar surface area (TPSA) is 38.8 Å². The number of hydrogen-bond donors (Lipinski definition) is 0. The Morgan fingerprint density at radius 2 is 2.35 bits per heavy atom. The molecule has 1 aromatic carbocycles. The zero-order valence-corrected chi connectivity index (χ0v) is 13.4. The zero-order chi connectivity index (χ0) is 14.5. The van der Waals surface area contributed by atoms with Gasteiger partial charge in [-0.1, -0.05) is 22.0 Å². The monoisotopic (exact) mass is 341 g/mol. The van der Waals surface area contributed by atoms with E-state index in [4.69, 9.17) is 9.47 Å². The largest absolute Gasteiger partial charge is 0.481 e. The fraction of sp³-hybridized carbons (Fsp3) is 0.533. The van der Waals surface area contributed by atoms with E-state index in [1.807, 2.05) is 29.2 Å². The summed E-state index contributed by atoms with van der Waals surface area (Å²) in [4.78, 5) is 14.2. The molecule has 0 bridgehead atoms. The van der Waals surface area contributed by atoms with Gasteiger partial charge in [0.05, 0.1) is 6.61 Å². The molecule has 0 N–H and O–H groups in total. The van der Waals surface area contributed by atoms with E-state index in [1.54, 1.807) is 14.0 Å². The maximum Gasteiger partial charge on any atom is 0.263 e. The van der Waals surface area contributed by atoms with Crippen LogP contribution in [-0.2, 0) is 9.53 Å². The Hall–Kier alpha value is -1.07.